The van der Waals surface area contributed by atoms with E-state index in [-0.39, 0.29) is 31.1 Å². The fourth-order valence-corrected chi connectivity index (χ4v) is 0.956. The monoisotopic (exact) mass is 415 g/mol. The fourth-order valence-electron chi connectivity index (χ4n) is 0.455. The Morgan fingerprint density at radius 3 is 1.78 bits per heavy atom. The van der Waals surface area contributed by atoms with E-state index in [2.05, 4.69) is 34.7 Å². The van der Waals surface area contributed by atoms with Crippen molar-refractivity contribution in [1.82, 2.24) is 4.90 Å². The molecule has 9 heavy (non-hydrogen) atoms. The number of nitrogens with zero attached hydrogens (tertiary/aromatic N) is 1. The Hall–Kier alpha value is 1.49. The van der Waals surface area contributed by atoms with Gasteiger partial charge in [-0.3, -0.25) is 0 Å². The molecule has 0 aliphatic rings. The van der Waals surface area contributed by atoms with E-state index < -0.39 is 0 Å². The van der Waals surface area contributed by atoms with Crippen molar-refractivity contribution >= 4 is 15.9 Å². The molecule has 0 aliphatic carbocycles. The van der Waals surface area contributed by atoms with Crippen molar-refractivity contribution in [2.45, 2.75) is 0 Å². The number of hydrogen-bond donors (Lipinski definition) is 0. The Morgan fingerprint density at radius 1 is 1.22 bits per heavy atom. The molecule has 0 aromatic carbocycles. The third kappa shape index (κ3) is 7.39. The Kier molecular flexibility index (Phi) is 13.8. The summed E-state index contributed by atoms with van der Waals surface area (Å²) in [5, 5.41) is 1.01. The minimum absolute atomic E-state index is 0. The smallest absolute Gasteiger partial charge is 0.362 e. The van der Waals surface area contributed by atoms with E-state index in [1.165, 1.54) is 0 Å². The Morgan fingerprint density at radius 2 is 1.67 bits per heavy atom. The van der Waals surface area contributed by atoms with Crippen molar-refractivity contribution in [2.75, 3.05) is 25.0 Å². The van der Waals surface area contributed by atoms with E-state index in [0.717, 1.165) is 25.0 Å². The van der Waals surface area contributed by atoms with Gasteiger partial charge in [-0.05, 0) is 0 Å². The van der Waals surface area contributed by atoms with Gasteiger partial charge >= 0.3 is 31.1 Å². The molecule has 0 heterocycles. The van der Waals surface area contributed by atoms with Gasteiger partial charge in [-0.15, -0.1) is 13.1 Å². The van der Waals surface area contributed by atoms with E-state index in [4.69, 9.17) is 0 Å². The van der Waals surface area contributed by atoms with E-state index in [1.807, 2.05) is 0 Å². The van der Waals surface area contributed by atoms with Gasteiger partial charge in [-0.25, -0.2) is 0 Å². The molecule has 0 bridgehead atoms. The number of halogens is 1. The molecule has 52 valence electrons. The summed E-state index contributed by atoms with van der Waals surface area (Å²) in [6.45, 7) is 10.2. The summed E-state index contributed by atoms with van der Waals surface area (Å²) in [6.07, 6.45) is 0. The van der Waals surface area contributed by atoms with E-state index >= 15 is 0 Å². The molecule has 0 unspecified atom stereocenters. The van der Waals surface area contributed by atoms with Gasteiger partial charge in [0.1, 0.15) is 0 Å². The molecule has 0 saturated heterocycles. The van der Waals surface area contributed by atoms with Crippen LogP contribution >= 0.6 is 15.9 Å². The molecule has 1 nitrogen and oxygen atoms in total. The average molecular weight is 416 g/mol. The molecule has 0 aliphatic heterocycles. The molecule has 0 amide bonds. The van der Waals surface area contributed by atoms with Crippen molar-refractivity contribution in [3.05, 3.63) is 13.8 Å². The maximum atomic E-state index is 3.74. The summed E-state index contributed by atoms with van der Waals surface area (Å²) in [7, 11) is 0. The molecule has 0 aromatic rings. The summed E-state index contributed by atoms with van der Waals surface area (Å²) >= 11 is 3.33. The van der Waals surface area contributed by atoms with E-state index in [0.29, 0.717) is 0 Å². The van der Waals surface area contributed by atoms with Crippen LogP contribution in [0.3, 0.4) is 0 Å². The summed E-state index contributed by atoms with van der Waals surface area (Å²) in [5.41, 5.74) is 0. The minimum Gasteiger partial charge on any atom is -0.362 e. The molecule has 3 heteroatoms. The number of hydrogen-bond acceptors (Lipinski definition) is 1. The van der Waals surface area contributed by atoms with Crippen LogP contribution in [0.4, 0.5) is 0 Å². The number of alkyl halides is 1. The second kappa shape index (κ2) is 9.49. The standard InChI is InChI=1S/C6H12BrN.U/c1-3-8(4-2)6-5-7;/h1-6H2;/q-2;+2. The summed E-state index contributed by atoms with van der Waals surface area (Å²) in [4.78, 5) is 2.16. The van der Waals surface area contributed by atoms with Gasteiger partial charge in [0.2, 0.25) is 0 Å². The molecule has 0 fully saturated rings. The van der Waals surface area contributed by atoms with Crippen LogP contribution in [-0.4, -0.2) is 29.9 Å². The van der Waals surface area contributed by atoms with Crippen LogP contribution in [0.25, 0.3) is 0 Å². The first-order valence-electron chi connectivity index (χ1n) is 2.72. The zero-order valence-corrected chi connectivity index (χ0v) is 11.3. The molecule has 0 saturated carbocycles. The minimum atomic E-state index is 0. The third-order valence-corrected chi connectivity index (χ3v) is 1.39. The fraction of sp³-hybridized carbons (Fsp3) is 0.667. The van der Waals surface area contributed by atoms with Crippen LogP contribution in [0.15, 0.2) is 0 Å². The maximum Gasteiger partial charge on any atom is 2.00 e. The van der Waals surface area contributed by atoms with E-state index in [9.17, 15) is 0 Å². The molecular weight excluding hydrogens is 404 g/mol. The van der Waals surface area contributed by atoms with Crippen molar-refractivity contribution in [3.63, 3.8) is 0 Å². The van der Waals surface area contributed by atoms with Crippen LogP contribution < -0.4 is 0 Å². The Balaban J connectivity index is 0. The molecule has 0 radical (unpaired) electrons. The maximum absolute atomic E-state index is 3.74. The zero-order chi connectivity index (χ0) is 6.41. The first-order valence-corrected chi connectivity index (χ1v) is 3.84. The van der Waals surface area contributed by atoms with Crippen molar-refractivity contribution in [3.8, 4) is 0 Å². The first kappa shape index (κ1) is 13.1. The van der Waals surface area contributed by atoms with Crippen molar-refractivity contribution in [2.24, 2.45) is 0 Å². The first-order chi connectivity index (χ1) is 3.85. The van der Waals surface area contributed by atoms with Gasteiger partial charge in [-0.2, -0.15) is 0 Å². The van der Waals surface area contributed by atoms with Gasteiger partial charge in [-0.1, -0.05) is 15.9 Å². The molecule has 0 atom stereocenters. The average Bonchev–Trinajstić information content (AvgIpc) is 1.83. The third-order valence-electron chi connectivity index (χ3n) is 1.03. The molecule has 0 rings (SSSR count). The molecular formula is C6H12BrNU. The zero-order valence-electron chi connectivity index (χ0n) is 5.57. The van der Waals surface area contributed by atoms with Crippen LogP contribution in [0, 0.1) is 45.0 Å². The van der Waals surface area contributed by atoms with Gasteiger partial charge in [0.15, 0.2) is 0 Å². The largest absolute Gasteiger partial charge is 2.00 e. The predicted molar refractivity (Wildman–Crippen MR) is 40.9 cm³/mol. The SMILES string of the molecule is [CH2-]CN(C[CH2-])CCBr.[U+2]. The van der Waals surface area contributed by atoms with Crippen molar-refractivity contribution < 1.29 is 31.1 Å². The van der Waals surface area contributed by atoms with Gasteiger partial charge in [0, 0.05) is 11.9 Å². The number of rotatable bonds is 4. The van der Waals surface area contributed by atoms with Crippen molar-refractivity contribution in [1.29, 1.82) is 0 Å². The predicted octanol–water partition coefficient (Wildman–Crippen LogP) is 1.35. The molecule has 0 spiro atoms. The van der Waals surface area contributed by atoms with Crippen LogP contribution in [-0.2, 0) is 0 Å². The van der Waals surface area contributed by atoms with E-state index in [1.54, 1.807) is 0 Å². The topological polar surface area (TPSA) is 3.24 Å². The Labute approximate surface area is 90.1 Å². The van der Waals surface area contributed by atoms with Crippen LogP contribution in [0.2, 0.25) is 0 Å². The van der Waals surface area contributed by atoms with Gasteiger partial charge in [0.05, 0.1) is 0 Å². The van der Waals surface area contributed by atoms with Crippen LogP contribution in [0.1, 0.15) is 0 Å². The molecule has 0 aromatic heterocycles. The van der Waals surface area contributed by atoms with Gasteiger partial charge < -0.3 is 18.7 Å². The van der Waals surface area contributed by atoms with Crippen LogP contribution in [0.5, 0.6) is 0 Å². The summed E-state index contributed by atoms with van der Waals surface area (Å²) in [6, 6.07) is 0. The summed E-state index contributed by atoms with van der Waals surface area (Å²) in [5.74, 6) is 0. The quantitative estimate of drug-likeness (QED) is 0.495. The summed E-state index contributed by atoms with van der Waals surface area (Å²) < 4.78 is 0. The second-order valence-electron chi connectivity index (χ2n) is 1.53. The Bertz CT molecular complexity index is 48.3. The normalized spacial score (nSPS) is 9.33. The second-order valence-corrected chi connectivity index (χ2v) is 2.32. The van der Waals surface area contributed by atoms with Gasteiger partial charge in [0.25, 0.3) is 0 Å². The molecule has 0 N–H and O–H groups in total.